The van der Waals surface area contributed by atoms with Crippen molar-refractivity contribution in [2.45, 2.75) is 33.4 Å². The maximum absolute atomic E-state index is 13.1. The van der Waals surface area contributed by atoms with Crippen molar-refractivity contribution in [2.75, 3.05) is 38.1 Å². The van der Waals surface area contributed by atoms with Gasteiger partial charge in [0.05, 0.1) is 27.9 Å². The number of carbonyl (C=O) groups excluding carboxylic acids is 3. The smallest absolute Gasteiger partial charge is 0.409 e. The number of non-ortho nitro benzene ring substituents is 1. The van der Waals surface area contributed by atoms with Gasteiger partial charge in [-0.1, -0.05) is 23.7 Å². The summed E-state index contributed by atoms with van der Waals surface area (Å²) in [4.78, 5) is 51.5. The molecule has 0 radical (unpaired) electrons. The fraction of sp³-hybridized carbons (Fsp3) is 0.357. The van der Waals surface area contributed by atoms with Crippen molar-refractivity contribution in [1.82, 2.24) is 19.6 Å². The molecule has 0 spiro atoms. The summed E-state index contributed by atoms with van der Waals surface area (Å²) in [5, 5.41) is 18.3. The average Bonchev–Trinajstić information content (AvgIpc) is 3.35. The third-order valence-electron chi connectivity index (χ3n) is 6.77. The third kappa shape index (κ3) is 7.16. The zero-order valence-electron chi connectivity index (χ0n) is 23.4. The van der Waals surface area contributed by atoms with Crippen LogP contribution >= 0.6 is 11.6 Å². The fourth-order valence-corrected chi connectivity index (χ4v) is 4.56. The Labute approximate surface area is 247 Å². The SMILES string of the molecule is CCOC(=O)N1CCN(C(=O)C(C)n2cc(NC(=O)c3ccc(COc4ccc([N+](=O)[O-])cc4Cl)cc3)c(C)n2)CC1. The molecule has 1 fully saturated rings. The molecule has 2 heterocycles. The van der Waals surface area contributed by atoms with Crippen LogP contribution in [0.5, 0.6) is 5.75 Å². The lowest BCUT2D eigenvalue weighted by molar-refractivity contribution is -0.384. The molecule has 3 amide bonds. The topological polar surface area (TPSA) is 149 Å². The summed E-state index contributed by atoms with van der Waals surface area (Å²) in [6.45, 7) is 7.26. The molecule has 42 heavy (non-hydrogen) atoms. The first-order valence-electron chi connectivity index (χ1n) is 13.3. The molecule has 3 aromatic rings. The molecule has 14 heteroatoms. The minimum absolute atomic E-state index is 0.128. The Kier molecular flexibility index (Phi) is 9.63. The van der Waals surface area contributed by atoms with Crippen molar-refractivity contribution >= 4 is 40.9 Å². The van der Waals surface area contributed by atoms with Crippen LogP contribution in [0.2, 0.25) is 5.02 Å². The summed E-state index contributed by atoms with van der Waals surface area (Å²) in [6.07, 6.45) is 1.25. The molecule has 13 nitrogen and oxygen atoms in total. The summed E-state index contributed by atoms with van der Waals surface area (Å²) in [6, 6.07) is 10.1. The standard InChI is InChI=1S/C28H31ClN6O7/c1-4-41-28(38)33-13-11-32(12-14-33)27(37)19(3)34-16-24(18(2)31-34)30-26(36)21-7-5-20(6-8-21)17-42-25-10-9-22(35(39)40)15-23(25)29/h5-10,15-16,19H,4,11-14,17H2,1-3H3,(H,30,36). The number of nitro groups is 1. The molecule has 1 saturated heterocycles. The second-order valence-corrected chi connectivity index (χ2v) is 10.0. The minimum atomic E-state index is -0.605. The van der Waals surface area contributed by atoms with Crippen LogP contribution in [0.15, 0.2) is 48.7 Å². The van der Waals surface area contributed by atoms with Gasteiger partial charge in [0, 0.05) is 50.1 Å². The zero-order valence-corrected chi connectivity index (χ0v) is 24.2. The normalized spacial score (nSPS) is 13.8. The van der Waals surface area contributed by atoms with Crippen LogP contribution in [0.1, 0.15) is 41.5 Å². The summed E-state index contributed by atoms with van der Waals surface area (Å²) in [5.41, 5.74) is 2.07. The molecule has 222 valence electrons. The number of hydrogen-bond acceptors (Lipinski definition) is 8. The van der Waals surface area contributed by atoms with Crippen molar-refractivity contribution in [3.63, 3.8) is 0 Å². The van der Waals surface area contributed by atoms with Crippen LogP contribution in [0.4, 0.5) is 16.2 Å². The summed E-state index contributed by atoms with van der Waals surface area (Å²) < 4.78 is 12.2. The molecular formula is C28H31ClN6O7. The van der Waals surface area contributed by atoms with Crippen LogP contribution in [0, 0.1) is 17.0 Å². The van der Waals surface area contributed by atoms with Crippen LogP contribution in [-0.2, 0) is 16.1 Å². The number of halogens is 1. The first-order chi connectivity index (χ1) is 20.1. The second-order valence-electron chi connectivity index (χ2n) is 9.61. The number of nitrogens with zero attached hydrogens (tertiary/aromatic N) is 5. The molecule has 1 N–H and O–H groups in total. The largest absolute Gasteiger partial charge is 0.487 e. The zero-order chi connectivity index (χ0) is 30.4. The number of nitro benzene ring substituents is 1. The van der Waals surface area contributed by atoms with Gasteiger partial charge in [0.1, 0.15) is 18.4 Å². The first-order valence-corrected chi connectivity index (χ1v) is 13.7. The van der Waals surface area contributed by atoms with Gasteiger partial charge in [0.25, 0.3) is 11.6 Å². The lowest BCUT2D eigenvalue weighted by Crippen LogP contribution is -2.52. The van der Waals surface area contributed by atoms with Crippen LogP contribution < -0.4 is 10.1 Å². The van der Waals surface area contributed by atoms with E-state index < -0.39 is 11.0 Å². The number of amides is 3. The Balaban J connectivity index is 1.31. The van der Waals surface area contributed by atoms with Gasteiger partial charge in [0.2, 0.25) is 5.91 Å². The highest BCUT2D eigenvalue weighted by molar-refractivity contribution is 6.32. The number of nitrogens with one attached hydrogen (secondary N) is 1. The molecule has 1 aromatic heterocycles. The second kappa shape index (κ2) is 13.3. The lowest BCUT2D eigenvalue weighted by Gasteiger charge is -2.35. The molecular weight excluding hydrogens is 568 g/mol. The van der Waals surface area contributed by atoms with Gasteiger partial charge in [-0.3, -0.25) is 24.4 Å². The first kappa shape index (κ1) is 30.3. The number of aryl methyl sites for hydroxylation is 1. The van der Waals surface area contributed by atoms with E-state index in [4.69, 9.17) is 21.1 Å². The number of aromatic nitrogens is 2. The Morgan fingerprint density at radius 1 is 1.10 bits per heavy atom. The molecule has 2 aromatic carbocycles. The number of piperazine rings is 1. The number of hydrogen-bond donors (Lipinski definition) is 1. The van der Waals surface area contributed by atoms with Crippen molar-refractivity contribution < 1.29 is 28.8 Å². The monoisotopic (exact) mass is 598 g/mol. The predicted octanol–water partition coefficient (Wildman–Crippen LogP) is 4.45. The number of benzene rings is 2. The van der Waals surface area contributed by atoms with Crippen molar-refractivity contribution in [1.29, 1.82) is 0 Å². The van der Waals surface area contributed by atoms with E-state index in [2.05, 4.69) is 10.4 Å². The van der Waals surface area contributed by atoms with Crippen LogP contribution in [-0.4, -0.2) is 75.2 Å². The third-order valence-corrected chi connectivity index (χ3v) is 7.07. The molecule has 0 bridgehead atoms. The van der Waals surface area contributed by atoms with Crippen molar-refractivity contribution in [3.05, 3.63) is 80.6 Å². The summed E-state index contributed by atoms with van der Waals surface area (Å²) >= 11 is 6.07. The van der Waals surface area contributed by atoms with Gasteiger partial charge in [-0.2, -0.15) is 5.10 Å². The number of carbonyl (C=O) groups is 3. The van der Waals surface area contributed by atoms with E-state index in [-0.39, 0.29) is 35.2 Å². The molecule has 1 aliphatic rings. The van der Waals surface area contributed by atoms with E-state index in [1.165, 1.54) is 22.9 Å². The molecule has 1 aliphatic heterocycles. The number of anilines is 1. The minimum Gasteiger partial charge on any atom is -0.487 e. The van der Waals surface area contributed by atoms with Crippen LogP contribution in [0.25, 0.3) is 0 Å². The average molecular weight is 599 g/mol. The maximum atomic E-state index is 13.1. The molecule has 4 rings (SSSR count). The van der Waals surface area contributed by atoms with Crippen molar-refractivity contribution in [2.24, 2.45) is 0 Å². The predicted molar refractivity (Wildman–Crippen MR) is 154 cm³/mol. The number of ether oxygens (including phenoxy) is 2. The highest BCUT2D eigenvalue weighted by Gasteiger charge is 2.29. The summed E-state index contributed by atoms with van der Waals surface area (Å²) in [5.74, 6) is -0.174. The van der Waals surface area contributed by atoms with Crippen LogP contribution in [0.3, 0.4) is 0 Å². The Morgan fingerprint density at radius 3 is 2.38 bits per heavy atom. The van der Waals surface area contributed by atoms with Gasteiger partial charge in [-0.15, -0.1) is 0 Å². The molecule has 0 saturated carbocycles. The molecule has 1 atom stereocenters. The van der Waals surface area contributed by atoms with E-state index in [1.54, 1.807) is 61.0 Å². The highest BCUT2D eigenvalue weighted by Crippen LogP contribution is 2.29. The van der Waals surface area contributed by atoms with Crippen molar-refractivity contribution in [3.8, 4) is 5.75 Å². The Hall–Kier alpha value is -4.65. The quantitative estimate of drug-likeness (QED) is 0.280. The Morgan fingerprint density at radius 2 is 1.76 bits per heavy atom. The Bertz CT molecular complexity index is 1470. The highest BCUT2D eigenvalue weighted by atomic mass is 35.5. The fourth-order valence-electron chi connectivity index (χ4n) is 4.33. The van der Waals surface area contributed by atoms with Gasteiger partial charge in [0.15, 0.2) is 0 Å². The van der Waals surface area contributed by atoms with E-state index in [1.807, 2.05) is 0 Å². The van der Waals surface area contributed by atoms with Gasteiger partial charge in [-0.05, 0) is 44.5 Å². The molecule has 1 unspecified atom stereocenters. The molecule has 0 aliphatic carbocycles. The number of rotatable bonds is 9. The summed E-state index contributed by atoms with van der Waals surface area (Å²) in [7, 11) is 0. The van der Waals surface area contributed by atoms with Gasteiger partial charge in [-0.25, -0.2) is 4.79 Å². The van der Waals surface area contributed by atoms with E-state index in [0.717, 1.165) is 5.56 Å². The van der Waals surface area contributed by atoms with Gasteiger partial charge >= 0.3 is 6.09 Å². The van der Waals surface area contributed by atoms with E-state index in [0.29, 0.717) is 55.5 Å². The lowest BCUT2D eigenvalue weighted by atomic mass is 10.1. The van der Waals surface area contributed by atoms with Gasteiger partial charge < -0.3 is 24.6 Å². The van der Waals surface area contributed by atoms with E-state index in [9.17, 15) is 24.5 Å². The maximum Gasteiger partial charge on any atom is 0.409 e. The van der Waals surface area contributed by atoms with E-state index >= 15 is 0 Å².